The van der Waals surface area contributed by atoms with Gasteiger partial charge in [-0.05, 0) is 24.3 Å². The number of hydrogen-bond acceptors (Lipinski definition) is 3. The van der Waals surface area contributed by atoms with E-state index in [1.54, 1.807) is 24.3 Å². The summed E-state index contributed by atoms with van der Waals surface area (Å²) < 4.78 is 3.73. The Kier molecular flexibility index (Phi) is 2.82. The highest BCUT2D eigenvalue weighted by molar-refractivity contribution is 7.98. The van der Waals surface area contributed by atoms with E-state index < -0.39 is 0 Å². The minimum absolute atomic E-state index is 0.0353. The first-order valence-corrected chi connectivity index (χ1v) is 4.01. The minimum atomic E-state index is 0.0353. The molecule has 5 N–H and O–H groups in total. The Bertz CT molecular complexity index is 279. The van der Waals surface area contributed by atoms with Crippen molar-refractivity contribution in [2.24, 2.45) is 15.9 Å². The summed E-state index contributed by atoms with van der Waals surface area (Å²) in [6.45, 7) is 0. The van der Waals surface area contributed by atoms with Crippen molar-refractivity contribution in [1.29, 1.82) is 0 Å². The van der Waals surface area contributed by atoms with Gasteiger partial charge in [0.2, 0.25) is 0 Å². The number of aromatic hydroxyl groups is 1. The largest absolute Gasteiger partial charge is 0.508 e. The van der Waals surface area contributed by atoms with Gasteiger partial charge in [-0.15, -0.1) is 0 Å². The summed E-state index contributed by atoms with van der Waals surface area (Å²) in [5.41, 5.74) is 10.3. The lowest BCUT2D eigenvalue weighted by molar-refractivity contribution is 0.475. The maximum absolute atomic E-state index is 8.94. The zero-order chi connectivity index (χ0) is 8.97. The van der Waals surface area contributed by atoms with Gasteiger partial charge in [-0.2, -0.15) is 4.40 Å². The Hall–Kier alpha value is -1.36. The molecule has 0 aliphatic carbocycles. The molecule has 0 aliphatic rings. The van der Waals surface area contributed by atoms with Gasteiger partial charge in [-0.3, -0.25) is 0 Å². The predicted octanol–water partition coefficient (Wildman–Crippen LogP) is 0.673. The van der Waals surface area contributed by atoms with E-state index in [2.05, 4.69) is 4.40 Å². The topological polar surface area (TPSA) is 84.6 Å². The van der Waals surface area contributed by atoms with E-state index in [0.717, 1.165) is 16.8 Å². The molecule has 4 nitrogen and oxygen atoms in total. The van der Waals surface area contributed by atoms with Crippen LogP contribution in [0.5, 0.6) is 5.75 Å². The molecule has 0 unspecified atom stereocenters. The number of nitrogens with two attached hydrogens (primary N) is 2. The number of phenolic OH excluding ortho intramolecular Hbond substituents is 1. The molecule has 0 radical (unpaired) electrons. The summed E-state index contributed by atoms with van der Waals surface area (Å²) in [4.78, 5) is 0.876. The SMILES string of the molecule is NC(N)=NSc1ccc(O)cc1. The summed E-state index contributed by atoms with van der Waals surface area (Å²) in [5.74, 6) is 0.261. The van der Waals surface area contributed by atoms with Crippen LogP contribution in [-0.2, 0) is 0 Å². The molecule has 0 fully saturated rings. The van der Waals surface area contributed by atoms with Crippen LogP contribution < -0.4 is 11.5 Å². The Labute approximate surface area is 74.4 Å². The summed E-state index contributed by atoms with van der Waals surface area (Å²) in [6.07, 6.45) is 0. The molecule has 0 amide bonds. The van der Waals surface area contributed by atoms with Gasteiger partial charge in [0, 0.05) is 16.8 Å². The Morgan fingerprint density at radius 3 is 2.33 bits per heavy atom. The number of rotatable bonds is 2. The Balaban J connectivity index is 2.65. The molecule has 1 aromatic carbocycles. The van der Waals surface area contributed by atoms with E-state index in [0.29, 0.717) is 0 Å². The van der Waals surface area contributed by atoms with Crippen LogP contribution in [0.25, 0.3) is 0 Å². The van der Waals surface area contributed by atoms with E-state index in [1.807, 2.05) is 0 Å². The Morgan fingerprint density at radius 2 is 1.83 bits per heavy atom. The highest BCUT2D eigenvalue weighted by atomic mass is 32.2. The maximum Gasteiger partial charge on any atom is 0.198 e. The lowest BCUT2D eigenvalue weighted by atomic mass is 10.3. The average Bonchev–Trinajstić information content (AvgIpc) is 2.03. The molecular formula is C7H9N3OS. The van der Waals surface area contributed by atoms with Gasteiger partial charge in [0.25, 0.3) is 0 Å². The van der Waals surface area contributed by atoms with Crippen molar-refractivity contribution < 1.29 is 5.11 Å². The van der Waals surface area contributed by atoms with Gasteiger partial charge >= 0.3 is 0 Å². The van der Waals surface area contributed by atoms with Gasteiger partial charge in [-0.1, -0.05) is 0 Å². The minimum Gasteiger partial charge on any atom is -0.508 e. The second-order valence-corrected chi connectivity index (χ2v) is 2.94. The van der Waals surface area contributed by atoms with Gasteiger partial charge in [-0.25, -0.2) is 0 Å². The van der Waals surface area contributed by atoms with Crippen molar-refractivity contribution in [3.05, 3.63) is 24.3 Å². The van der Waals surface area contributed by atoms with E-state index in [-0.39, 0.29) is 11.7 Å². The number of nitrogens with zero attached hydrogens (tertiary/aromatic N) is 1. The normalized spacial score (nSPS) is 9.33. The highest BCUT2D eigenvalue weighted by Crippen LogP contribution is 2.20. The van der Waals surface area contributed by atoms with Crippen molar-refractivity contribution in [3.63, 3.8) is 0 Å². The van der Waals surface area contributed by atoms with Crippen LogP contribution in [0.1, 0.15) is 0 Å². The Morgan fingerprint density at radius 1 is 1.25 bits per heavy atom. The van der Waals surface area contributed by atoms with Gasteiger partial charge in [0.15, 0.2) is 5.96 Å². The number of phenols is 1. The van der Waals surface area contributed by atoms with Crippen LogP contribution >= 0.6 is 11.9 Å². The fraction of sp³-hybridized carbons (Fsp3) is 0. The maximum atomic E-state index is 8.94. The first kappa shape index (κ1) is 8.73. The molecule has 64 valence electrons. The van der Waals surface area contributed by atoms with Crippen molar-refractivity contribution in [1.82, 2.24) is 0 Å². The third-order valence-corrected chi connectivity index (χ3v) is 1.88. The van der Waals surface area contributed by atoms with Crippen LogP contribution in [-0.4, -0.2) is 11.1 Å². The molecule has 0 heterocycles. The van der Waals surface area contributed by atoms with Crippen LogP contribution in [0, 0.1) is 0 Å². The van der Waals surface area contributed by atoms with Crippen LogP contribution in [0.3, 0.4) is 0 Å². The van der Waals surface area contributed by atoms with E-state index >= 15 is 0 Å². The van der Waals surface area contributed by atoms with Crippen LogP contribution in [0.4, 0.5) is 0 Å². The third-order valence-electron chi connectivity index (χ3n) is 1.09. The molecule has 0 aromatic heterocycles. The molecule has 1 aromatic rings. The number of hydrogen-bond donors (Lipinski definition) is 3. The molecule has 0 saturated carbocycles. The van der Waals surface area contributed by atoms with Crippen LogP contribution in [0.15, 0.2) is 33.6 Å². The molecular weight excluding hydrogens is 174 g/mol. The average molecular weight is 183 g/mol. The van der Waals surface area contributed by atoms with E-state index in [9.17, 15) is 0 Å². The lowest BCUT2D eigenvalue weighted by Gasteiger charge is -1.95. The lowest BCUT2D eigenvalue weighted by Crippen LogP contribution is -2.21. The first-order valence-electron chi connectivity index (χ1n) is 3.23. The number of benzene rings is 1. The first-order chi connectivity index (χ1) is 5.68. The molecule has 1 rings (SSSR count). The molecule has 0 atom stereocenters. The monoisotopic (exact) mass is 183 g/mol. The van der Waals surface area contributed by atoms with Gasteiger partial charge in [0.05, 0.1) is 0 Å². The fourth-order valence-electron chi connectivity index (χ4n) is 0.612. The van der Waals surface area contributed by atoms with Gasteiger partial charge in [0.1, 0.15) is 5.75 Å². The van der Waals surface area contributed by atoms with E-state index in [4.69, 9.17) is 16.6 Å². The zero-order valence-corrected chi connectivity index (χ0v) is 7.08. The van der Waals surface area contributed by atoms with Gasteiger partial charge < -0.3 is 16.6 Å². The summed E-state index contributed by atoms with van der Waals surface area (Å²) in [6, 6.07) is 6.61. The van der Waals surface area contributed by atoms with Crippen LogP contribution in [0.2, 0.25) is 0 Å². The predicted molar refractivity (Wildman–Crippen MR) is 49.8 cm³/mol. The number of guanidine groups is 1. The molecule has 0 spiro atoms. The third kappa shape index (κ3) is 2.71. The second kappa shape index (κ2) is 3.87. The molecule has 12 heavy (non-hydrogen) atoms. The van der Waals surface area contributed by atoms with E-state index in [1.165, 1.54) is 0 Å². The highest BCUT2D eigenvalue weighted by Gasteiger charge is 1.92. The molecule has 5 heteroatoms. The van der Waals surface area contributed by atoms with Crippen molar-refractivity contribution in [2.45, 2.75) is 4.90 Å². The standard InChI is InChI=1S/C7H9N3OS/c8-7(9)10-12-6-3-1-5(11)2-4-6/h1-4,11H,(H4,8,9,10). The quantitative estimate of drug-likeness (QED) is 0.357. The summed E-state index contributed by atoms with van der Waals surface area (Å²) >= 11 is 1.16. The summed E-state index contributed by atoms with van der Waals surface area (Å²) in [5, 5.41) is 8.94. The zero-order valence-electron chi connectivity index (χ0n) is 6.27. The van der Waals surface area contributed by atoms with Crippen molar-refractivity contribution >= 4 is 17.9 Å². The van der Waals surface area contributed by atoms with Crippen molar-refractivity contribution in [2.75, 3.05) is 0 Å². The fourth-order valence-corrected chi connectivity index (χ4v) is 1.08. The molecule has 0 aliphatic heterocycles. The molecule has 0 saturated heterocycles. The summed E-state index contributed by atoms with van der Waals surface area (Å²) in [7, 11) is 0. The van der Waals surface area contributed by atoms with Crippen molar-refractivity contribution in [3.8, 4) is 5.75 Å². The smallest absolute Gasteiger partial charge is 0.198 e. The molecule has 0 bridgehead atoms. The second-order valence-electron chi connectivity index (χ2n) is 2.10.